The molecule has 0 bridgehead atoms. The molecule has 9 heteroatoms. The summed E-state index contributed by atoms with van der Waals surface area (Å²) in [6, 6.07) is 8.57. The number of nitrogens with one attached hydrogen (secondary N) is 2. The van der Waals surface area contributed by atoms with Gasteiger partial charge in [0.15, 0.2) is 0 Å². The molecule has 8 nitrogen and oxygen atoms in total. The lowest BCUT2D eigenvalue weighted by atomic mass is 10.1. The Hall–Kier alpha value is -2.78. The largest absolute Gasteiger partial charge is 0.497 e. The minimum absolute atomic E-state index is 0.0501. The fraction of sp³-hybridized carbons (Fsp3) is 0.381. The third-order valence-corrected chi connectivity index (χ3v) is 5.92. The van der Waals surface area contributed by atoms with Gasteiger partial charge >= 0.3 is 0 Å². The van der Waals surface area contributed by atoms with Crippen molar-refractivity contribution < 1.29 is 27.4 Å². The van der Waals surface area contributed by atoms with E-state index >= 15 is 0 Å². The van der Waals surface area contributed by atoms with E-state index in [-0.39, 0.29) is 22.3 Å². The lowest BCUT2D eigenvalue weighted by molar-refractivity contribution is 0.0940. The summed E-state index contributed by atoms with van der Waals surface area (Å²) in [5.41, 5.74) is 0.757. The molecule has 2 aromatic rings. The van der Waals surface area contributed by atoms with Gasteiger partial charge in [-0.2, -0.15) is 0 Å². The number of hydrogen-bond donors (Lipinski definition) is 2. The van der Waals surface area contributed by atoms with Crippen LogP contribution in [0.25, 0.3) is 0 Å². The maximum absolute atomic E-state index is 13.0. The Morgan fingerprint density at radius 1 is 0.900 bits per heavy atom. The number of carbonyl (C=O) groups is 1. The summed E-state index contributed by atoms with van der Waals surface area (Å²) in [7, 11) is 0.517. The number of ether oxygens (including phenoxy) is 3. The van der Waals surface area contributed by atoms with Gasteiger partial charge in [0.2, 0.25) is 10.0 Å². The van der Waals surface area contributed by atoms with Crippen molar-refractivity contribution in [3.05, 3.63) is 47.5 Å². The van der Waals surface area contributed by atoms with Crippen molar-refractivity contribution in [1.29, 1.82) is 0 Å². The lowest BCUT2D eigenvalue weighted by Crippen LogP contribution is -2.31. The highest BCUT2D eigenvalue weighted by atomic mass is 32.2. The minimum atomic E-state index is -3.94. The molecule has 0 spiro atoms. The van der Waals surface area contributed by atoms with E-state index in [2.05, 4.69) is 10.0 Å². The van der Waals surface area contributed by atoms with Crippen LogP contribution in [-0.4, -0.2) is 41.7 Å². The van der Waals surface area contributed by atoms with Crippen LogP contribution in [0.4, 0.5) is 0 Å². The number of benzene rings is 2. The van der Waals surface area contributed by atoms with E-state index < -0.39 is 22.0 Å². The maximum atomic E-state index is 13.0. The predicted octanol–water partition coefficient (Wildman–Crippen LogP) is 2.89. The standard InChI is InChI=1S/C21H28N2O6S/c1-13(2)22-21(24)18-12-16(8-10-20(18)29-6)30(25,26)23-14(3)17-11-15(27-4)7-9-19(17)28-5/h7-14,23H,1-6H3,(H,22,24)/t14-/m1/s1. The molecular weight excluding hydrogens is 408 g/mol. The van der Waals surface area contributed by atoms with Crippen LogP contribution in [0.15, 0.2) is 41.3 Å². The molecule has 1 atom stereocenters. The molecular formula is C21H28N2O6S. The Kier molecular flexibility index (Phi) is 7.69. The molecule has 0 aliphatic heterocycles. The first-order valence-electron chi connectivity index (χ1n) is 9.36. The van der Waals surface area contributed by atoms with Gasteiger partial charge in [0.25, 0.3) is 5.91 Å². The molecule has 0 aromatic heterocycles. The molecule has 0 unspecified atom stereocenters. The zero-order chi connectivity index (χ0) is 22.5. The molecule has 0 saturated heterocycles. The number of carbonyl (C=O) groups excluding carboxylic acids is 1. The predicted molar refractivity (Wildman–Crippen MR) is 114 cm³/mol. The highest BCUT2D eigenvalue weighted by molar-refractivity contribution is 7.89. The Bertz CT molecular complexity index is 1000. The van der Waals surface area contributed by atoms with Gasteiger partial charge < -0.3 is 19.5 Å². The lowest BCUT2D eigenvalue weighted by Gasteiger charge is -2.19. The molecule has 1 amide bonds. The van der Waals surface area contributed by atoms with E-state index in [1.165, 1.54) is 39.5 Å². The summed E-state index contributed by atoms with van der Waals surface area (Å²) in [6.07, 6.45) is 0. The first-order valence-corrected chi connectivity index (χ1v) is 10.8. The Balaban J connectivity index is 2.39. The second-order valence-corrected chi connectivity index (χ2v) is 8.66. The monoisotopic (exact) mass is 436 g/mol. The average molecular weight is 437 g/mol. The van der Waals surface area contributed by atoms with Crippen LogP contribution < -0.4 is 24.2 Å². The number of hydrogen-bond acceptors (Lipinski definition) is 6. The fourth-order valence-corrected chi connectivity index (χ4v) is 4.16. The number of rotatable bonds is 9. The van der Waals surface area contributed by atoms with Crippen molar-refractivity contribution in [3.63, 3.8) is 0 Å². The summed E-state index contributed by atoms with van der Waals surface area (Å²) < 4.78 is 44.4. The van der Waals surface area contributed by atoms with E-state index in [0.29, 0.717) is 17.1 Å². The summed E-state index contributed by atoms with van der Waals surface area (Å²) in [5, 5.41) is 2.74. The third-order valence-electron chi connectivity index (χ3n) is 4.38. The van der Waals surface area contributed by atoms with Crippen molar-refractivity contribution in [1.82, 2.24) is 10.0 Å². The van der Waals surface area contributed by atoms with Gasteiger partial charge in [-0.15, -0.1) is 0 Å². The first-order chi connectivity index (χ1) is 14.1. The topological polar surface area (TPSA) is 103 Å². The van der Waals surface area contributed by atoms with Gasteiger partial charge in [-0.25, -0.2) is 13.1 Å². The number of sulfonamides is 1. The van der Waals surface area contributed by atoms with Crippen molar-refractivity contribution in [3.8, 4) is 17.2 Å². The van der Waals surface area contributed by atoms with Crippen LogP contribution in [-0.2, 0) is 10.0 Å². The van der Waals surface area contributed by atoms with E-state index in [9.17, 15) is 13.2 Å². The van der Waals surface area contributed by atoms with Crippen LogP contribution in [0.5, 0.6) is 17.2 Å². The van der Waals surface area contributed by atoms with Crippen LogP contribution in [0.3, 0.4) is 0 Å². The highest BCUT2D eigenvalue weighted by Crippen LogP contribution is 2.31. The summed E-state index contributed by atoms with van der Waals surface area (Å²) >= 11 is 0. The maximum Gasteiger partial charge on any atom is 0.255 e. The molecule has 30 heavy (non-hydrogen) atoms. The zero-order valence-corrected chi connectivity index (χ0v) is 18.8. The summed E-state index contributed by atoms with van der Waals surface area (Å²) in [5.74, 6) is 0.975. The third kappa shape index (κ3) is 5.43. The van der Waals surface area contributed by atoms with Crippen molar-refractivity contribution in [2.75, 3.05) is 21.3 Å². The molecule has 0 radical (unpaired) electrons. The Morgan fingerprint density at radius 3 is 2.10 bits per heavy atom. The van der Waals surface area contributed by atoms with Crippen LogP contribution >= 0.6 is 0 Å². The Morgan fingerprint density at radius 2 is 1.53 bits per heavy atom. The van der Waals surface area contributed by atoms with Gasteiger partial charge in [-0.05, 0) is 57.2 Å². The second-order valence-electron chi connectivity index (χ2n) is 6.94. The van der Waals surface area contributed by atoms with Crippen molar-refractivity contribution in [2.24, 2.45) is 0 Å². The Labute approximate surface area is 177 Å². The van der Waals surface area contributed by atoms with E-state index in [1.807, 2.05) is 13.8 Å². The number of amides is 1. The first kappa shape index (κ1) is 23.5. The van der Waals surface area contributed by atoms with E-state index in [0.717, 1.165) is 0 Å². The fourth-order valence-electron chi connectivity index (χ4n) is 2.91. The van der Waals surface area contributed by atoms with Gasteiger partial charge in [0, 0.05) is 17.6 Å². The van der Waals surface area contributed by atoms with Crippen LogP contribution in [0.1, 0.15) is 42.7 Å². The van der Waals surface area contributed by atoms with Crippen LogP contribution in [0.2, 0.25) is 0 Å². The minimum Gasteiger partial charge on any atom is -0.497 e. The van der Waals surface area contributed by atoms with Crippen LogP contribution in [0, 0.1) is 0 Å². The van der Waals surface area contributed by atoms with E-state index in [4.69, 9.17) is 14.2 Å². The quantitative estimate of drug-likeness (QED) is 0.627. The summed E-state index contributed by atoms with van der Waals surface area (Å²) in [4.78, 5) is 12.4. The molecule has 0 fully saturated rings. The molecule has 0 aliphatic carbocycles. The zero-order valence-electron chi connectivity index (χ0n) is 18.0. The smallest absolute Gasteiger partial charge is 0.255 e. The molecule has 0 heterocycles. The second kappa shape index (κ2) is 9.82. The molecule has 2 rings (SSSR count). The van der Waals surface area contributed by atoms with E-state index in [1.54, 1.807) is 25.1 Å². The van der Waals surface area contributed by atoms with Gasteiger partial charge in [-0.3, -0.25) is 4.79 Å². The van der Waals surface area contributed by atoms with Crippen molar-refractivity contribution >= 4 is 15.9 Å². The van der Waals surface area contributed by atoms with Crippen molar-refractivity contribution in [2.45, 2.75) is 37.8 Å². The molecule has 2 N–H and O–H groups in total. The molecule has 0 aliphatic rings. The number of methoxy groups -OCH3 is 3. The average Bonchev–Trinajstić information content (AvgIpc) is 2.71. The molecule has 164 valence electrons. The molecule has 2 aromatic carbocycles. The SMILES string of the molecule is COc1ccc(OC)c([C@@H](C)NS(=O)(=O)c2ccc(OC)c(C(=O)NC(C)C)c2)c1. The van der Waals surface area contributed by atoms with Gasteiger partial charge in [-0.1, -0.05) is 0 Å². The normalized spacial score (nSPS) is 12.4. The van der Waals surface area contributed by atoms with Gasteiger partial charge in [0.1, 0.15) is 17.2 Å². The highest BCUT2D eigenvalue weighted by Gasteiger charge is 2.24. The summed E-state index contributed by atoms with van der Waals surface area (Å²) in [6.45, 7) is 5.33. The van der Waals surface area contributed by atoms with Gasteiger partial charge in [0.05, 0.1) is 31.8 Å². The molecule has 0 saturated carbocycles.